The molecule has 0 N–H and O–H groups in total. The predicted octanol–water partition coefficient (Wildman–Crippen LogP) is 2.48. The van der Waals surface area contributed by atoms with Crippen molar-refractivity contribution in [1.82, 2.24) is 0 Å². The molecular weight excluding hydrogens is 161 g/mol. The van der Waals surface area contributed by atoms with Crippen molar-refractivity contribution in [3.63, 3.8) is 0 Å². The van der Waals surface area contributed by atoms with Gasteiger partial charge in [0.05, 0.1) is 0 Å². The second kappa shape index (κ2) is 2.82. The van der Waals surface area contributed by atoms with Gasteiger partial charge in [0.25, 0.3) is 0 Å². The molecule has 0 aromatic carbocycles. The molecule has 0 aliphatic carbocycles. The Bertz CT molecular complexity index is 74.9. The molecule has 0 aromatic rings. The molecule has 5 heteroatoms. The van der Waals surface area contributed by atoms with E-state index in [1.54, 1.807) is 0 Å². The van der Waals surface area contributed by atoms with Crippen LogP contribution in [0.15, 0.2) is 0 Å². The van der Waals surface area contributed by atoms with Crippen molar-refractivity contribution in [2.45, 2.75) is 10.9 Å². The molecule has 0 fully saturated rings. The maximum absolute atomic E-state index is 11.7. The summed E-state index contributed by atoms with van der Waals surface area (Å²) < 4.78 is 34.9. The van der Waals surface area contributed by atoms with Gasteiger partial charge >= 0.3 is 5.25 Å². The third kappa shape index (κ3) is 2.13. The summed E-state index contributed by atoms with van der Waals surface area (Å²) in [6.07, 6.45) is 1.09. The maximum atomic E-state index is 11.7. The van der Waals surface area contributed by atoms with Gasteiger partial charge in [-0.1, -0.05) is 23.4 Å². The summed E-state index contributed by atoms with van der Waals surface area (Å²) in [6.45, 7) is 0. The number of halogens is 4. The number of alkyl halides is 4. The first-order chi connectivity index (χ1) is 3.50. The SMILES string of the molecule is CSC(F)(F)C(F)Cl. The molecule has 0 bridgehead atoms. The fourth-order valence-electron chi connectivity index (χ4n) is 0.0891. The molecule has 50 valence electrons. The molecule has 1 unspecified atom stereocenters. The van der Waals surface area contributed by atoms with Gasteiger partial charge in [-0.3, -0.25) is 0 Å². The maximum Gasteiger partial charge on any atom is 0.338 e. The number of hydrogen-bond donors (Lipinski definition) is 0. The molecule has 0 spiro atoms. The number of hydrogen-bond acceptors (Lipinski definition) is 1. The Morgan fingerprint density at radius 3 is 2.00 bits per heavy atom. The Labute approximate surface area is 54.4 Å². The van der Waals surface area contributed by atoms with E-state index in [4.69, 9.17) is 0 Å². The van der Waals surface area contributed by atoms with E-state index in [1.165, 1.54) is 0 Å². The van der Waals surface area contributed by atoms with E-state index in [2.05, 4.69) is 11.6 Å². The topological polar surface area (TPSA) is 0 Å². The van der Waals surface area contributed by atoms with Crippen LogP contribution in [0.3, 0.4) is 0 Å². The van der Waals surface area contributed by atoms with Crippen molar-refractivity contribution < 1.29 is 13.2 Å². The van der Waals surface area contributed by atoms with Crippen LogP contribution >= 0.6 is 23.4 Å². The first kappa shape index (κ1) is 8.43. The molecule has 0 aromatic heterocycles. The Morgan fingerprint density at radius 1 is 1.62 bits per heavy atom. The largest absolute Gasteiger partial charge is 0.338 e. The Hall–Kier alpha value is 0.430. The van der Waals surface area contributed by atoms with Crippen LogP contribution in [0.2, 0.25) is 0 Å². The van der Waals surface area contributed by atoms with Crippen LogP contribution in [0.1, 0.15) is 0 Å². The molecule has 1 atom stereocenters. The van der Waals surface area contributed by atoms with E-state index in [0.29, 0.717) is 0 Å². The molecule has 0 saturated heterocycles. The van der Waals surface area contributed by atoms with Gasteiger partial charge in [-0.15, -0.1) is 0 Å². The van der Waals surface area contributed by atoms with Crippen LogP contribution in [-0.2, 0) is 0 Å². The monoisotopic (exact) mass is 164 g/mol. The second-order valence-electron chi connectivity index (χ2n) is 1.07. The van der Waals surface area contributed by atoms with E-state index in [0.717, 1.165) is 6.26 Å². The van der Waals surface area contributed by atoms with Gasteiger partial charge in [0.2, 0.25) is 5.63 Å². The molecule has 0 aliphatic heterocycles. The summed E-state index contributed by atoms with van der Waals surface area (Å²) in [4.78, 5) is 0. The zero-order valence-corrected chi connectivity index (χ0v) is 5.57. The van der Waals surface area contributed by atoms with Crippen molar-refractivity contribution in [2.24, 2.45) is 0 Å². The third-order valence-electron chi connectivity index (χ3n) is 0.526. The second-order valence-corrected chi connectivity index (χ2v) is 2.40. The smallest absolute Gasteiger partial charge is 0.222 e. The summed E-state index contributed by atoms with van der Waals surface area (Å²) >= 11 is 4.53. The van der Waals surface area contributed by atoms with Gasteiger partial charge in [-0.05, 0) is 6.26 Å². The van der Waals surface area contributed by atoms with Crippen LogP contribution in [-0.4, -0.2) is 17.1 Å². The fraction of sp³-hybridized carbons (Fsp3) is 1.00. The average Bonchev–Trinajstić information content (AvgIpc) is 1.67. The minimum Gasteiger partial charge on any atom is -0.222 e. The van der Waals surface area contributed by atoms with E-state index >= 15 is 0 Å². The lowest BCUT2D eigenvalue weighted by atomic mass is 10.8. The molecule has 0 rings (SSSR count). The fourth-order valence-corrected chi connectivity index (χ4v) is 0.535. The minimum absolute atomic E-state index is 0.0949. The highest BCUT2D eigenvalue weighted by molar-refractivity contribution is 7.99. The van der Waals surface area contributed by atoms with Crippen molar-refractivity contribution in [3.8, 4) is 0 Å². The van der Waals surface area contributed by atoms with Gasteiger partial charge in [0.15, 0.2) is 0 Å². The van der Waals surface area contributed by atoms with E-state index in [-0.39, 0.29) is 11.8 Å². The van der Waals surface area contributed by atoms with Gasteiger partial charge in [-0.2, -0.15) is 8.78 Å². The van der Waals surface area contributed by atoms with Gasteiger partial charge in [-0.25, -0.2) is 4.39 Å². The highest BCUT2D eigenvalue weighted by Gasteiger charge is 2.37. The van der Waals surface area contributed by atoms with E-state index in [9.17, 15) is 13.2 Å². The molecule has 0 saturated carbocycles. The standard InChI is InChI=1S/C3H4ClF3S/c1-8-3(6,7)2(4)5/h2H,1H3. The zero-order valence-electron chi connectivity index (χ0n) is 4.00. The highest BCUT2D eigenvalue weighted by atomic mass is 35.5. The first-order valence-corrected chi connectivity index (χ1v) is 3.38. The summed E-state index contributed by atoms with van der Waals surface area (Å²) in [7, 11) is 0. The molecular formula is C3H4ClF3S. The zero-order chi connectivity index (χ0) is 6.78. The lowest BCUT2D eigenvalue weighted by molar-refractivity contribution is 0.0542. The molecule has 8 heavy (non-hydrogen) atoms. The van der Waals surface area contributed by atoms with Crippen LogP contribution in [0, 0.1) is 0 Å². The molecule has 0 aliphatic rings. The predicted molar refractivity (Wildman–Crippen MR) is 29.2 cm³/mol. The van der Waals surface area contributed by atoms with Crippen LogP contribution in [0.25, 0.3) is 0 Å². The lowest BCUT2D eigenvalue weighted by Gasteiger charge is -2.11. The van der Waals surface area contributed by atoms with E-state index < -0.39 is 10.9 Å². The Kier molecular flexibility index (Phi) is 2.98. The summed E-state index contributed by atoms with van der Waals surface area (Å²) in [5.41, 5.74) is -2.59. The van der Waals surface area contributed by atoms with Gasteiger partial charge in [0, 0.05) is 0 Å². The molecule has 0 amide bonds. The molecule has 0 nitrogen and oxygen atoms in total. The first-order valence-electron chi connectivity index (χ1n) is 1.72. The van der Waals surface area contributed by atoms with Crippen molar-refractivity contribution in [2.75, 3.05) is 6.26 Å². The summed E-state index contributed by atoms with van der Waals surface area (Å²) in [5, 5.41) is -3.44. The lowest BCUT2D eigenvalue weighted by Crippen LogP contribution is -2.19. The minimum atomic E-state index is -3.44. The highest BCUT2D eigenvalue weighted by Crippen LogP contribution is 2.33. The molecule has 0 radical (unpaired) electrons. The van der Waals surface area contributed by atoms with Crippen LogP contribution < -0.4 is 0 Å². The normalized spacial score (nSPS) is 16.1. The van der Waals surface area contributed by atoms with Crippen molar-refractivity contribution in [1.29, 1.82) is 0 Å². The van der Waals surface area contributed by atoms with Crippen molar-refractivity contribution in [3.05, 3.63) is 0 Å². The van der Waals surface area contributed by atoms with Gasteiger partial charge < -0.3 is 0 Å². The number of rotatable bonds is 2. The molecule has 0 heterocycles. The van der Waals surface area contributed by atoms with Gasteiger partial charge in [0.1, 0.15) is 0 Å². The third-order valence-corrected chi connectivity index (χ3v) is 1.68. The Morgan fingerprint density at radius 2 is 2.00 bits per heavy atom. The average molecular weight is 165 g/mol. The van der Waals surface area contributed by atoms with Crippen LogP contribution in [0.4, 0.5) is 13.2 Å². The summed E-state index contributed by atoms with van der Waals surface area (Å²) in [6, 6.07) is 0. The van der Waals surface area contributed by atoms with Crippen LogP contribution in [0.5, 0.6) is 0 Å². The van der Waals surface area contributed by atoms with Crippen molar-refractivity contribution >= 4 is 23.4 Å². The quantitative estimate of drug-likeness (QED) is 0.565. The van der Waals surface area contributed by atoms with E-state index in [1.807, 2.05) is 0 Å². The Balaban J connectivity index is 3.71. The summed E-state index contributed by atoms with van der Waals surface area (Å²) in [5.74, 6) is 0. The number of thioether (sulfide) groups is 1.